The van der Waals surface area contributed by atoms with Crippen LogP contribution in [-0.2, 0) is 17.8 Å². The van der Waals surface area contributed by atoms with Crippen LogP contribution in [0.5, 0.6) is 5.88 Å². The molecule has 0 unspecified atom stereocenters. The van der Waals surface area contributed by atoms with Crippen LogP contribution in [0.3, 0.4) is 0 Å². The van der Waals surface area contributed by atoms with Crippen LogP contribution in [0.1, 0.15) is 11.1 Å². The Bertz CT molecular complexity index is 1100. The lowest BCUT2D eigenvalue weighted by Crippen LogP contribution is -2.36. The van der Waals surface area contributed by atoms with Crippen LogP contribution in [0.15, 0.2) is 91.3 Å². The number of benzene rings is 3. The Kier molecular flexibility index (Phi) is 6.30. The fourth-order valence-electron chi connectivity index (χ4n) is 3.32. The molecule has 5 heteroatoms. The Hall–Kier alpha value is -3.73. The smallest absolute Gasteiger partial charge is 0.260 e. The van der Waals surface area contributed by atoms with Gasteiger partial charge in [0.25, 0.3) is 5.91 Å². The Morgan fingerprint density at radius 1 is 0.800 bits per heavy atom. The molecule has 0 saturated carbocycles. The number of hydrogen-bond donors (Lipinski definition) is 0. The minimum atomic E-state index is -0.0718. The first-order valence-corrected chi connectivity index (χ1v) is 9.98. The average Bonchev–Trinajstić information content (AvgIpc) is 2.81. The van der Waals surface area contributed by atoms with Crippen LogP contribution < -0.4 is 4.74 Å². The summed E-state index contributed by atoms with van der Waals surface area (Å²) in [6.07, 6.45) is 2.25. The van der Waals surface area contributed by atoms with E-state index in [-0.39, 0.29) is 12.5 Å². The van der Waals surface area contributed by atoms with Crippen molar-refractivity contribution in [2.45, 2.75) is 13.0 Å². The first-order valence-electron chi connectivity index (χ1n) is 9.98. The molecule has 5 nitrogen and oxygen atoms in total. The van der Waals surface area contributed by atoms with Crippen molar-refractivity contribution in [1.29, 1.82) is 0 Å². The average molecular weight is 397 g/mol. The van der Waals surface area contributed by atoms with E-state index in [9.17, 15) is 4.79 Å². The van der Waals surface area contributed by atoms with Gasteiger partial charge in [0.05, 0.1) is 10.9 Å². The number of ether oxygens (including phenoxy) is 1. The number of carbonyl (C=O) groups is 1. The number of rotatable bonds is 8. The van der Waals surface area contributed by atoms with Gasteiger partial charge in [-0.15, -0.1) is 0 Å². The number of carbonyl (C=O) groups excluding carboxylic acids is 1. The summed E-state index contributed by atoms with van der Waals surface area (Å²) in [6.45, 7) is 1.09. The van der Waals surface area contributed by atoms with E-state index in [1.54, 1.807) is 0 Å². The predicted octanol–water partition coefficient (Wildman–Crippen LogP) is 4.28. The molecule has 3 aromatic carbocycles. The maximum atomic E-state index is 13.0. The molecule has 4 aromatic rings. The van der Waals surface area contributed by atoms with E-state index >= 15 is 0 Å². The third-order valence-electron chi connectivity index (χ3n) is 4.92. The normalized spacial score (nSPS) is 10.7. The molecule has 0 fully saturated rings. The molecule has 150 valence electrons. The molecule has 1 aromatic heterocycles. The molecular weight excluding hydrogens is 374 g/mol. The maximum absolute atomic E-state index is 13.0. The highest BCUT2D eigenvalue weighted by atomic mass is 16.5. The molecule has 1 amide bonds. The number of hydrogen-bond acceptors (Lipinski definition) is 4. The van der Waals surface area contributed by atoms with E-state index in [1.165, 1.54) is 11.9 Å². The third kappa shape index (κ3) is 5.00. The zero-order chi connectivity index (χ0) is 20.6. The number of aromatic nitrogens is 2. The monoisotopic (exact) mass is 397 g/mol. The van der Waals surface area contributed by atoms with Gasteiger partial charge in [-0.05, 0) is 29.7 Å². The number of amides is 1. The molecule has 30 heavy (non-hydrogen) atoms. The van der Waals surface area contributed by atoms with Crippen LogP contribution in [0.25, 0.3) is 10.9 Å². The van der Waals surface area contributed by atoms with Crippen molar-refractivity contribution >= 4 is 16.8 Å². The minimum Gasteiger partial charge on any atom is -0.467 e. The summed E-state index contributed by atoms with van der Waals surface area (Å²) in [5.74, 6) is 0.356. The van der Waals surface area contributed by atoms with E-state index < -0.39 is 0 Å². The van der Waals surface area contributed by atoms with E-state index in [2.05, 4.69) is 22.1 Å². The Morgan fingerprint density at radius 3 is 2.23 bits per heavy atom. The van der Waals surface area contributed by atoms with E-state index in [1.807, 2.05) is 77.7 Å². The molecule has 0 aliphatic heterocycles. The highest BCUT2D eigenvalue weighted by molar-refractivity contribution is 5.84. The van der Waals surface area contributed by atoms with Gasteiger partial charge in [0.2, 0.25) is 5.88 Å². The van der Waals surface area contributed by atoms with Gasteiger partial charge in [0.15, 0.2) is 6.61 Å². The highest BCUT2D eigenvalue weighted by Crippen LogP contribution is 2.20. The summed E-state index contributed by atoms with van der Waals surface area (Å²) in [5.41, 5.74) is 3.08. The van der Waals surface area contributed by atoms with Crippen LogP contribution in [-0.4, -0.2) is 33.9 Å². The van der Waals surface area contributed by atoms with Crippen molar-refractivity contribution in [3.05, 3.63) is 102 Å². The lowest BCUT2D eigenvalue weighted by atomic mass is 10.1. The van der Waals surface area contributed by atoms with Gasteiger partial charge in [-0.1, -0.05) is 72.8 Å². The zero-order valence-corrected chi connectivity index (χ0v) is 16.6. The highest BCUT2D eigenvalue weighted by Gasteiger charge is 2.16. The minimum absolute atomic E-state index is 0.0668. The predicted molar refractivity (Wildman–Crippen MR) is 117 cm³/mol. The van der Waals surface area contributed by atoms with E-state index in [0.717, 1.165) is 22.9 Å². The van der Waals surface area contributed by atoms with Gasteiger partial charge in [-0.25, -0.2) is 9.97 Å². The van der Waals surface area contributed by atoms with Crippen LogP contribution in [0.4, 0.5) is 0 Å². The van der Waals surface area contributed by atoms with Gasteiger partial charge in [-0.3, -0.25) is 4.79 Å². The molecule has 0 aliphatic carbocycles. The molecule has 0 N–H and O–H groups in total. The summed E-state index contributed by atoms with van der Waals surface area (Å²) in [4.78, 5) is 23.3. The summed E-state index contributed by atoms with van der Waals surface area (Å²) in [5, 5.41) is 0.798. The molecule has 0 aliphatic rings. The molecule has 0 spiro atoms. The van der Waals surface area contributed by atoms with Crippen LogP contribution in [0, 0.1) is 0 Å². The Morgan fingerprint density at radius 2 is 1.47 bits per heavy atom. The maximum Gasteiger partial charge on any atom is 0.260 e. The number of para-hydroxylation sites is 1. The van der Waals surface area contributed by atoms with Crippen molar-refractivity contribution in [1.82, 2.24) is 14.9 Å². The van der Waals surface area contributed by atoms with Crippen LogP contribution in [0.2, 0.25) is 0 Å². The first kappa shape index (κ1) is 19.6. The third-order valence-corrected chi connectivity index (χ3v) is 4.92. The molecular formula is C25H23N3O2. The van der Waals surface area contributed by atoms with E-state index in [4.69, 9.17) is 4.74 Å². The van der Waals surface area contributed by atoms with E-state index in [0.29, 0.717) is 19.0 Å². The lowest BCUT2D eigenvalue weighted by molar-refractivity contribution is -0.134. The van der Waals surface area contributed by atoms with Crippen molar-refractivity contribution in [3.63, 3.8) is 0 Å². The Balaban J connectivity index is 1.46. The largest absolute Gasteiger partial charge is 0.467 e. The topological polar surface area (TPSA) is 55.3 Å². The van der Waals surface area contributed by atoms with Crippen molar-refractivity contribution in [2.75, 3.05) is 13.2 Å². The van der Waals surface area contributed by atoms with Gasteiger partial charge in [0.1, 0.15) is 6.33 Å². The Labute approximate surface area is 176 Å². The summed E-state index contributed by atoms with van der Waals surface area (Å²) < 4.78 is 5.81. The first-order chi connectivity index (χ1) is 14.8. The van der Waals surface area contributed by atoms with Gasteiger partial charge >= 0.3 is 0 Å². The molecule has 4 rings (SSSR count). The standard InChI is InChI=1S/C25H23N3O2/c29-24(18-30-25-22-13-7-8-14-23(22)26-19-27-25)28(17-21-11-5-2-6-12-21)16-15-20-9-3-1-4-10-20/h1-14,19H,15-18H2. The van der Waals surface area contributed by atoms with Crippen molar-refractivity contribution in [2.24, 2.45) is 0 Å². The van der Waals surface area contributed by atoms with Crippen molar-refractivity contribution < 1.29 is 9.53 Å². The van der Waals surface area contributed by atoms with Gasteiger partial charge < -0.3 is 9.64 Å². The second-order valence-electron chi connectivity index (χ2n) is 7.02. The second-order valence-corrected chi connectivity index (χ2v) is 7.02. The SMILES string of the molecule is O=C(COc1ncnc2ccccc12)N(CCc1ccccc1)Cc1ccccc1. The fourth-order valence-corrected chi connectivity index (χ4v) is 3.32. The molecule has 0 radical (unpaired) electrons. The van der Waals surface area contributed by atoms with Crippen LogP contribution >= 0.6 is 0 Å². The number of nitrogens with zero attached hydrogens (tertiary/aromatic N) is 3. The molecule has 0 atom stereocenters. The summed E-state index contributed by atoms with van der Waals surface area (Å²) in [7, 11) is 0. The zero-order valence-electron chi connectivity index (χ0n) is 16.6. The fraction of sp³-hybridized carbons (Fsp3) is 0.160. The quantitative estimate of drug-likeness (QED) is 0.445. The molecule has 0 bridgehead atoms. The summed E-state index contributed by atoms with van der Waals surface area (Å²) in [6, 6.07) is 27.8. The van der Waals surface area contributed by atoms with Gasteiger partial charge in [-0.2, -0.15) is 0 Å². The number of fused-ring (bicyclic) bond motifs is 1. The van der Waals surface area contributed by atoms with Crippen molar-refractivity contribution in [3.8, 4) is 5.88 Å². The summed E-state index contributed by atoms with van der Waals surface area (Å²) >= 11 is 0. The molecule has 0 saturated heterocycles. The van der Waals surface area contributed by atoms with Gasteiger partial charge in [0, 0.05) is 13.1 Å². The lowest BCUT2D eigenvalue weighted by Gasteiger charge is -2.23. The molecule has 1 heterocycles. The second kappa shape index (κ2) is 9.65.